The highest BCUT2D eigenvalue weighted by Gasteiger charge is 2.03. The number of aliphatic hydroxyl groups excluding tert-OH is 1. The summed E-state index contributed by atoms with van der Waals surface area (Å²) in [5.41, 5.74) is 0. The van der Waals surface area contributed by atoms with E-state index in [0.29, 0.717) is 13.2 Å². The van der Waals surface area contributed by atoms with Crippen molar-refractivity contribution in [3.05, 3.63) is 0 Å². The summed E-state index contributed by atoms with van der Waals surface area (Å²) in [6, 6.07) is 0. The Morgan fingerprint density at radius 2 is 1.40 bits per heavy atom. The van der Waals surface area contributed by atoms with Crippen LogP contribution in [0.25, 0.3) is 0 Å². The summed E-state index contributed by atoms with van der Waals surface area (Å²) >= 11 is 0. The van der Waals surface area contributed by atoms with Crippen LogP contribution in [0.1, 0.15) is 78.6 Å². The van der Waals surface area contributed by atoms with Crippen LogP contribution in [-0.2, 0) is 14.3 Å². The largest absolute Gasteiger partial charge is 0.466 e. The van der Waals surface area contributed by atoms with Crippen molar-refractivity contribution in [3.63, 3.8) is 0 Å². The molecule has 0 aromatic rings. The predicted octanol–water partition coefficient (Wildman–Crippen LogP) is 3.65. The van der Waals surface area contributed by atoms with Crippen molar-refractivity contribution in [2.75, 3.05) is 13.2 Å². The molecule has 4 nitrogen and oxygen atoms in total. The second kappa shape index (κ2) is 18.1. The zero-order valence-electron chi connectivity index (χ0n) is 13.5. The van der Waals surface area contributed by atoms with Crippen LogP contribution in [-0.4, -0.2) is 30.1 Å². The Hall–Kier alpha value is -0.900. The van der Waals surface area contributed by atoms with Crippen LogP contribution < -0.4 is 0 Å². The standard InChI is InChI=1S/C10H22O.C6H10O3/c1-2-3-4-5-6-7-8-9-10-11;1-3-9-6(8)4-5(2)7/h11H,2-10H2,1H3;3-4H2,1-2H3. The molecule has 0 aliphatic carbocycles. The van der Waals surface area contributed by atoms with E-state index in [-0.39, 0.29) is 12.2 Å². The average Bonchev–Trinajstić information content (AvgIpc) is 2.38. The second-order valence-corrected chi connectivity index (χ2v) is 4.88. The summed E-state index contributed by atoms with van der Waals surface area (Å²) in [6.07, 6.45) is 10.3. The fourth-order valence-electron chi connectivity index (χ4n) is 1.66. The van der Waals surface area contributed by atoms with Gasteiger partial charge in [0.15, 0.2) is 0 Å². The van der Waals surface area contributed by atoms with Crippen LogP contribution in [0.2, 0.25) is 0 Å². The minimum atomic E-state index is -0.440. The molecule has 0 bridgehead atoms. The van der Waals surface area contributed by atoms with E-state index in [0.717, 1.165) is 6.42 Å². The first kappa shape index (κ1) is 21.4. The average molecular weight is 288 g/mol. The van der Waals surface area contributed by atoms with E-state index in [1.807, 2.05) is 0 Å². The Bertz CT molecular complexity index is 219. The molecule has 0 saturated heterocycles. The zero-order valence-corrected chi connectivity index (χ0v) is 13.5. The molecule has 0 aliphatic rings. The second-order valence-electron chi connectivity index (χ2n) is 4.88. The number of rotatable bonds is 11. The third-order valence-electron chi connectivity index (χ3n) is 2.71. The van der Waals surface area contributed by atoms with Gasteiger partial charge in [-0.15, -0.1) is 0 Å². The first-order valence-electron chi connectivity index (χ1n) is 7.84. The van der Waals surface area contributed by atoms with Crippen LogP contribution in [0.15, 0.2) is 0 Å². The Labute approximate surface area is 123 Å². The van der Waals surface area contributed by atoms with Crippen molar-refractivity contribution in [2.45, 2.75) is 78.6 Å². The lowest BCUT2D eigenvalue weighted by atomic mass is 10.1. The van der Waals surface area contributed by atoms with Crippen molar-refractivity contribution in [1.82, 2.24) is 0 Å². The number of carbonyl (C=O) groups excluding carboxylic acids is 2. The number of hydrogen-bond donors (Lipinski definition) is 1. The van der Waals surface area contributed by atoms with Gasteiger partial charge in [-0.2, -0.15) is 0 Å². The van der Waals surface area contributed by atoms with Gasteiger partial charge < -0.3 is 9.84 Å². The first-order valence-corrected chi connectivity index (χ1v) is 7.84. The van der Waals surface area contributed by atoms with E-state index in [1.165, 1.54) is 51.9 Å². The lowest BCUT2D eigenvalue weighted by Gasteiger charge is -1.98. The molecule has 0 fully saturated rings. The predicted molar refractivity (Wildman–Crippen MR) is 81.6 cm³/mol. The zero-order chi connectivity index (χ0) is 15.6. The number of unbranched alkanes of at least 4 members (excludes halogenated alkanes) is 7. The molecule has 0 heterocycles. The van der Waals surface area contributed by atoms with E-state index in [2.05, 4.69) is 11.7 Å². The molecule has 0 spiro atoms. The fourth-order valence-corrected chi connectivity index (χ4v) is 1.66. The molecule has 0 rings (SSSR count). The molecule has 1 N–H and O–H groups in total. The number of ether oxygens (including phenoxy) is 1. The molecular weight excluding hydrogens is 256 g/mol. The summed E-state index contributed by atoms with van der Waals surface area (Å²) < 4.78 is 4.49. The molecule has 0 unspecified atom stereocenters. The Kier molecular flexibility index (Phi) is 19.4. The van der Waals surface area contributed by atoms with Gasteiger partial charge in [-0.05, 0) is 20.3 Å². The molecular formula is C16H32O4. The number of esters is 1. The highest BCUT2D eigenvalue weighted by Crippen LogP contribution is 2.07. The van der Waals surface area contributed by atoms with Gasteiger partial charge in [0, 0.05) is 6.61 Å². The summed E-state index contributed by atoms with van der Waals surface area (Å²) in [5, 5.41) is 8.51. The monoisotopic (exact) mass is 288 g/mol. The number of hydrogen-bond acceptors (Lipinski definition) is 4. The Morgan fingerprint density at radius 3 is 1.80 bits per heavy atom. The third-order valence-corrected chi connectivity index (χ3v) is 2.71. The molecule has 4 heteroatoms. The van der Waals surface area contributed by atoms with E-state index >= 15 is 0 Å². The SMILES string of the molecule is CCCCCCCCCCO.CCOC(=O)CC(C)=O. The maximum atomic E-state index is 10.4. The summed E-state index contributed by atoms with van der Waals surface area (Å²) in [6.45, 7) is 6.02. The van der Waals surface area contributed by atoms with Gasteiger partial charge in [-0.1, -0.05) is 51.9 Å². The van der Waals surface area contributed by atoms with Crippen LogP contribution >= 0.6 is 0 Å². The molecule has 120 valence electrons. The molecule has 0 aliphatic heterocycles. The smallest absolute Gasteiger partial charge is 0.313 e. The van der Waals surface area contributed by atoms with E-state index in [9.17, 15) is 9.59 Å². The molecule has 0 saturated carbocycles. The maximum Gasteiger partial charge on any atom is 0.313 e. The number of Topliss-reactive ketones (excluding diaryl/α,β-unsaturated/α-hetero) is 1. The van der Waals surface area contributed by atoms with Gasteiger partial charge >= 0.3 is 5.97 Å². The van der Waals surface area contributed by atoms with Crippen LogP contribution in [0, 0.1) is 0 Å². The maximum absolute atomic E-state index is 10.4. The molecule has 0 aromatic carbocycles. The Morgan fingerprint density at radius 1 is 0.900 bits per heavy atom. The van der Waals surface area contributed by atoms with E-state index < -0.39 is 5.97 Å². The van der Waals surface area contributed by atoms with Crippen molar-refractivity contribution in [1.29, 1.82) is 0 Å². The first-order chi connectivity index (χ1) is 9.58. The quantitative estimate of drug-likeness (QED) is 0.358. The third kappa shape index (κ3) is 22.3. The van der Waals surface area contributed by atoms with Crippen LogP contribution in [0.4, 0.5) is 0 Å². The van der Waals surface area contributed by atoms with Gasteiger partial charge in [0.05, 0.1) is 6.61 Å². The fraction of sp³-hybridized carbons (Fsp3) is 0.875. The number of carbonyl (C=O) groups is 2. The van der Waals surface area contributed by atoms with Crippen LogP contribution in [0.3, 0.4) is 0 Å². The van der Waals surface area contributed by atoms with Crippen molar-refractivity contribution >= 4 is 11.8 Å². The summed E-state index contributed by atoms with van der Waals surface area (Å²) in [5.74, 6) is -0.599. The van der Waals surface area contributed by atoms with Gasteiger partial charge in [0.1, 0.15) is 12.2 Å². The Balaban J connectivity index is 0. The lowest BCUT2D eigenvalue weighted by Crippen LogP contribution is -2.07. The van der Waals surface area contributed by atoms with Crippen molar-refractivity contribution in [2.24, 2.45) is 0 Å². The van der Waals surface area contributed by atoms with E-state index in [1.54, 1.807) is 6.92 Å². The molecule has 0 aromatic heterocycles. The molecule has 0 atom stereocenters. The number of ketones is 1. The van der Waals surface area contributed by atoms with Crippen LogP contribution in [0.5, 0.6) is 0 Å². The van der Waals surface area contributed by atoms with Gasteiger partial charge in [-0.3, -0.25) is 9.59 Å². The van der Waals surface area contributed by atoms with Gasteiger partial charge in [-0.25, -0.2) is 0 Å². The minimum absolute atomic E-state index is 0.103. The van der Waals surface area contributed by atoms with Crippen molar-refractivity contribution < 1.29 is 19.4 Å². The summed E-state index contributed by atoms with van der Waals surface area (Å²) in [7, 11) is 0. The van der Waals surface area contributed by atoms with Gasteiger partial charge in [0.25, 0.3) is 0 Å². The molecule has 0 radical (unpaired) electrons. The highest BCUT2D eigenvalue weighted by molar-refractivity contribution is 5.94. The summed E-state index contributed by atoms with van der Waals surface area (Å²) in [4.78, 5) is 20.6. The molecule has 20 heavy (non-hydrogen) atoms. The van der Waals surface area contributed by atoms with E-state index in [4.69, 9.17) is 5.11 Å². The number of aliphatic hydroxyl groups is 1. The van der Waals surface area contributed by atoms with Gasteiger partial charge in [0.2, 0.25) is 0 Å². The van der Waals surface area contributed by atoms with Crippen molar-refractivity contribution in [3.8, 4) is 0 Å². The molecule has 0 amide bonds. The topological polar surface area (TPSA) is 63.6 Å². The highest BCUT2D eigenvalue weighted by atomic mass is 16.5. The normalized spacial score (nSPS) is 9.60. The minimum Gasteiger partial charge on any atom is -0.466 e. The lowest BCUT2D eigenvalue weighted by molar-refractivity contribution is -0.145.